The Hall–Kier alpha value is 0.325. The minimum Gasteiger partial charge on any atom is -0.164 e. The largest absolute Gasteiger partial charge is 0.164 e. The van der Waals surface area contributed by atoms with Gasteiger partial charge in [0.15, 0.2) is 0 Å². The van der Waals surface area contributed by atoms with Gasteiger partial charge in [-0.2, -0.15) is 5.01 Å². The maximum absolute atomic E-state index is 1.35. The van der Waals surface area contributed by atoms with E-state index in [0.29, 0.717) is 0 Å². The predicted octanol–water partition coefficient (Wildman–Crippen LogP) is -1.69. The van der Waals surface area contributed by atoms with Crippen LogP contribution in [-0.2, 0) is 0 Å². The molecule has 4 fully saturated rings. The van der Waals surface area contributed by atoms with Crippen molar-refractivity contribution in [2.24, 2.45) is 0 Å². The fourth-order valence-electron chi connectivity index (χ4n) is 2.66. The topological polar surface area (TPSA) is 0 Å². The summed E-state index contributed by atoms with van der Waals surface area (Å²) in [4.78, 5) is 0. The van der Waals surface area contributed by atoms with Crippen molar-refractivity contribution in [1.82, 2.24) is 0 Å². The summed E-state index contributed by atoms with van der Waals surface area (Å²) in [5, 5.41) is 1.17. The summed E-state index contributed by atoms with van der Waals surface area (Å²) in [5.41, 5.74) is 0. The van der Waals surface area contributed by atoms with Crippen molar-refractivity contribution < 1.29 is 0 Å². The lowest BCUT2D eigenvalue weighted by Gasteiger charge is -1.96. The Morgan fingerprint density at radius 3 is 1.00 bits per heavy atom. The molecule has 0 bridgehead atoms. The molecular weight excluding hydrogens is 66.1 g/mol. The molecule has 5 heteroatoms. The average molecular weight is 66.1 g/mol. The summed E-state index contributed by atoms with van der Waals surface area (Å²) in [6, 6.07) is 0. The van der Waals surface area contributed by atoms with Crippen molar-refractivity contribution in [1.29, 1.82) is 0 Å². The van der Waals surface area contributed by atoms with Gasteiger partial charge in [-0.1, -0.05) is 0 Å². The summed E-state index contributed by atoms with van der Waals surface area (Å²) >= 11 is 0. The molecule has 0 amide bonds. The van der Waals surface area contributed by atoms with E-state index < -0.39 is 0 Å². The molecule has 4 rings (SSSR count). The predicted molar refractivity (Wildman–Crippen MR) is 31.5 cm³/mol. The molecule has 19 valence electrons. The molecule has 0 aliphatic carbocycles. The molecule has 6 heavy (non-hydrogen) atoms. The quantitative estimate of drug-likeness (QED) is 0.296. The van der Waals surface area contributed by atoms with Gasteiger partial charge in [0.05, 0.1) is 0 Å². The average Bonchev–Trinajstić information content (AvgIpc) is 1.26. The molecule has 0 aromatic carbocycles. The zero-order valence-electron chi connectivity index (χ0n) is 3.39. The molecule has 0 atom stereocenters. The lowest BCUT2D eigenvalue weighted by Crippen LogP contribution is -2.38. The highest BCUT2D eigenvalue weighted by molar-refractivity contribution is 8.45. The summed E-state index contributed by atoms with van der Waals surface area (Å²) in [6.45, 7) is 5.42. The van der Waals surface area contributed by atoms with Crippen molar-refractivity contribution in [2.75, 3.05) is 0 Å². The monoisotopic (exact) mass is 67.0 g/mol. The summed E-state index contributed by atoms with van der Waals surface area (Å²) in [7, 11) is 0. The number of hydrogen-bond acceptors (Lipinski definition) is 0. The minimum atomic E-state index is 0. The van der Waals surface area contributed by atoms with E-state index in [0.717, 1.165) is 0 Å². The van der Waals surface area contributed by atoms with E-state index in [1.807, 2.05) is 0 Å². The van der Waals surface area contributed by atoms with Crippen LogP contribution >= 0.6 is 0 Å². The molecular formula is CB5. The number of fused-ring (bicyclic) bond motifs is 4. The van der Waals surface area contributed by atoms with Gasteiger partial charge in [-0.25, -0.2) is 0 Å². The van der Waals surface area contributed by atoms with Crippen LogP contribution in [0.1, 0.15) is 0 Å². The van der Waals surface area contributed by atoms with Gasteiger partial charge in [0.2, 0.25) is 0 Å². The van der Waals surface area contributed by atoms with Crippen LogP contribution in [0.2, 0.25) is 5.01 Å². The van der Waals surface area contributed by atoms with E-state index in [4.69, 9.17) is 0 Å². The minimum absolute atomic E-state index is 0. The molecule has 4 aliphatic heterocycles. The molecule has 4 aliphatic rings. The third-order valence-electron chi connectivity index (χ3n) is 3.42. The Morgan fingerprint density at radius 2 is 1.00 bits per heavy atom. The summed E-state index contributed by atoms with van der Waals surface area (Å²) < 4.78 is 0. The van der Waals surface area contributed by atoms with Gasteiger partial charge in [0, 0.05) is 34.4 Å². The zero-order chi connectivity index (χ0) is 2.81. The third-order valence-corrected chi connectivity index (χ3v) is 3.42. The van der Waals surface area contributed by atoms with E-state index in [1.165, 1.54) is 31.0 Å². The van der Waals surface area contributed by atoms with Crippen molar-refractivity contribution in [2.45, 2.75) is 5.01 Å². The van der Waals surface area contributed by atoms with E-state index in [2.05, 4.69) is 0 Å². The second-order valence-corrected chi connectivity index (χ2v) is 3.10. The van der Waals surface area contributed by atoms with Gasteiger partial charge >= 0.3 is 0 Å². The van der Waals surface area contributed by atoms with E-state index in [9.17, 15) is 0 Å². The molecule has 0 aromatic heterocycles. The summed E-state index contributed by atoms with van der Waals surface area (Å²) in [5.74, 6) is 0. The van der Waals surface area contributed by atoms with E-state index >= 15 is 0 Å². The van der Waals surface area contributed by atoms with Crippen LogP contribution < -0.4 is 0 Å². The van der Waals surface area contributed by atoms with Gasteiger partial charge in [-0.3, -0.25) is 0 Å². The van der Waals surface area contributed by atoms with Gasteiger partial charge in [0.25, 0.3) is 0 Å². The molecule has 0 nitrogen and oxygen atoms in total. The molecule has 1 spiro atoms. The van der Waals surface area contributed by atoms with E-state index in [-0.39, 0.29) is 8.41 Å². The lowest BCUT2D eigenvalue weighted by atomic mass is 8.81. The zero-order valence-corrected chi connectivity index (χ0v) is 3.39. The SMILES string of the molecule is B12B3B4B1C234.[B]. The molecule has 4 saturated heterocycles. The second-order valence-electron chi connectivity index (χ2n) is 3.10. The fraction of sp³-hybridized carbons (Fsp3) is 1.00. The smallest absolute Gasteiger partial charge is 0.0410 e. The fourth-order valence-corrected chi connectivity index (χ4v) is 2.66. The summed E-state index contributed by atoms with van der Waals surface area (Å²) in [6.07, 6.45) is 0. The standard InChI is InChI=1S/CB4.B/c2-1-3(2)5(1)4(1)2;. The van der Waals surface area contributed by atoms with Crippen LogP contribution in [0.25, 0.3) is 0 Å². The maximum Gasteiger partial charge on any atom is 0.0410 e. The molecule has 0 saturated carbocycles. The first-order chi connectivity index (χ1) is 2.49. The molecule has 0 unspecified atom stereocenters. The van der Waals surface area contributed by atoms with Crippen LogP contribution in [0.3, 0.4) is 0 Å². The molecule has 4 heterocycles. The van der Waals surface area contributed by atoms with Gasteiger partial charge in [-0.05, 0) is 0 Å². The first kappa shape index (κ1) is 2.59. The first-order valence-electron chi connectivity index (χ1n) is 2.49. The van der Waals surface area contributed by atoms with Gasteiger partial charge in [0.1, 0.15) is 0 Å². The van der Waals surface area contributed by atoms with Crippen LogP contribution in [0, 0.1) is 0 Å². The van der Waals surface area contributed by atoms with Gasteiger partial charge < -0.3 is 0 Å². The first-order valence-corrected chi connectivity index (χ1v) is 2.49. The highest BCUT2D eigenvalue weighted by atomic mass is 14.5. The lowest BCUT2D eigenvalue weighted by molar-refractivity contribution is 2.00. The highest BCUT2D eigenvalue weighted by Gasteiger charge is 3.22. The van der Waals surface area contributed by atoms with Crippen molar-refractivity contribution in [3.05, 3.63) is 0 Å². The van der Waals surface area contributed by atoms with E-state index in [1.54, 1.807) is 0 Å². The maximum atomic E-state index is 1.35. The highest BCUT2D eigenvalue weighted by Crippen LogP contribution is 3.04. The van der Waals surface area contributed by atoms with Crippen molar-refractivity contribution >= 4 is 34.4 Å². The number of hydrogen-bond donors (Lipinski definition) is 0. The van der Waals surface area contributed by atoms with Crippen molar-refractivity contribution in [3.63, 3.8) is 0 Å². The molecule has 0 aromatic rings. The Labute approximate surface area is 40.3 Å². The van der Waals surface area contributed by atoms with Crippen LogP contribution in [0.4, 0.5) is 0 Å². The Kier molecular flexibility index (Phi) is 0.128. The molecule has 0 N–H and O–H groups in total. The Balaban J connectivity index is 0.000000160. The van der Waals surface area contributed by atoms with Crippen LogP contribution in [-0.4, -0.2) is 34.4 Å². The molecule has 3 radical (unpaired) electrons. The van der Waals surface area contributed by atoms with Gasteiger partial charge in [-0.15, -0.1) is 0 Å². The van der Waals surface area contributed by atoms with Crippen LogP contribution in [0.5, 0.6) is 0 Å². The van der Waals surface area contributed by atoms with Crippen molar-refractivity contribution in [3.8, 4) is 0 Å². The number of rotatable bonds is 0. The van der Waals surface area contributed by atoms with Crippen LogP contribution in [0.15, 0.2) is 0 Å². The Bertz CT molecular complexity index is 107. The third kappa shape index (κ3) is 0.0457. The Morgan fingerprint density at radius 1 is 0.833 bits per heavy atom. The normalized spacial score (nSPS) is 40.0. The second kappa shape index (κ2) is 0.297.